The molecule has 7 nitrogen and oxygen atoms in total. The van der Waals surface area contributed by atoms with Crippen LogP contribution in [0.25, 0.3) is 0 Å². The van der Waals surface area contributed by atoms with E-state index in [2.05, 4.69) is 5.32 Å². The largest absolute Gasteiger partial charge is 0.352 e. The van der Waals surface area contributed by atoms with Gasteiger partial charge >= 0.3 is 0 Å². The fourth-order valence-corrected chi connectivity index (χ4v) is 5.15. The Hall–Kier alpha value is -2.36. The van der Waals surface area contributed by atoms with E-state index in [-0.39, 0.29) is 34.2 Å². The maximum atomic E-state index is 13.5. The molecule has 0 bridgehead atoms. The van der Waals surface area contributed by atoms with Crippen molar-refractivity contribution in [2.24, 2.45) is 0 Å². The van der Waals surface area contributed by atoms with Gasteiger partial charge in [0.2, 0.25) is 21.8 Å². The summed E-state index contributed by atoms with van der Waals surface area (Å²) in [6.45, 7) is 1.03. The van der Waals surface area contributed by atoms with Crippen molar-refractivity contribution in [2.45, 2.75) is 51.2 Å². The summed E-state index contributed by atoms with van der Waals surface area (Å²) >= 11 is 12.0. The molecule has 35 heavy (non-hydrogen) atoms. The van der Waals surface area contributed by atoms with E-state index in [0.29, 0.717) is 5.56 Å². The number of rotatable bonds is 9. The second-order valence-electron chi connectivity index (χ2n) is 8.68. The SMILES string of the molecule is C[C@@H](C(=O)NC1CCCC1)N(Cc1ccc(F)cc1)C(=O)CN(c1ccc(Cl)c(Cl)c1)S(C)(=O)=O. The van der Waals surface area contributed by atoms with E-state index >= 15 is 0 Å². The Labute approximate surface area is 215 Å². The highest BCUT2D eigenvalue weighted by Crippen LogP contribution is 2.28. The lowest BCUT2D eigenvalue weighted by molar-refractivity contribution is -0.139. The second-order valence-corrected chi connectivity index (χ2v) is 11.4. The third kappa shape index (κ3) is 7.32. The van der Waals surface area contributed by atoms with Crippen molar-refractivity contribution in [1.29, 1.82) is 0 Å². The highest BCUT2D eigenvalue weighted by atomic mass is 35.5. The predicted molar refractivity (Wildman–Crippen MR) is 135 cm³/mol. The van der Waals surface area contributed by atoms with Gasteiger partial charge in [-0.05, 0) is 55.7 Å². The lowest BCUT2D eigenvalue weighted by Crippen LogP contribution is -2.52. The first-order valence-corrected chi connectivity index (χ1v) is 13.8. The summed E-state index contributed by atoms with van der Waals surface area (Å²) in [4.78, 5) is 27.8. The van der Waals surface area contributed by atoms with Gasteiger partial charge in [-0.1, -0.05) is 48.2 Å². The molecular weight excluding hydrogens is 516 g/mol. The summed E-state index contributed by atoms with van der Waals surface area (Å²) in [5.41, 5.74) is 0.765. The number of halogens is 3. The van der Waals surface area contributed by atoms with E-state index < -0.39 is 34.3 Å². The Morgan fingerprint density at radius 3 is 2.29 bits per heavy atom. The number of sulfonamides is 1. The molecule has 11 heteroatoms. The molecule has 1 aliphatic carbocycles. The molecule has 1 saturated carbocycles. The first kappa shape index (κ1) is 27.2. The molecular formula is C24H28Cl2FN3O4S. The molecule has 1 atom stereocenters. The Balaban J connectivity index is 1.88. The van der Waals surface area contributed by atoms with Gasteiger partial charge < -0.3 is 10.2 Å². The molecule has 1 fully saturated rings. The summed E-state index contributed by atoms with van der Waals surface area (Å²) in [6, 6.07) is 8.98. The van der Waals surface area contributed by atoms with Crippen molar-refractivity contribution in [3.8, 4) is 0 Å². The normalized spacial score (nSPS) is 15.0. The molecule has 0 radical (unpaired) electrons. The highest BCUT2D eigenvalue weighted by molar-refractivity contribution is 7.92. The van der Waals surface area contributed by atoms with E-state index in [1.807, 2.05) is 0 Å². The minimum atomic E-state index is -3.89. The van der Waals surface area contributed by atoms with Crippen LogP contribution < -0.4 is 9.62 Å². The molecule has 2 aromatic rings. The van der Waals surface area contributed by atoms with Crippen LogP contribution in [0.15, 0.2) is 42.5 Å². The molecule has 0 saturated heterocycles. The van der Waals surface area contributed by atoms with Crippen LogP contribution in [0.4, 0.5) is 10.1 Å². The fourth-order valence-electron chi connectivity index (χ4n) is 4.01. The molecule has 1 aliphatic rings. The number of hydrogen-bond donors (Lipinski definition) is 1. The molecule has 0 spiro atoms. The van der Waals surface area contributed by atoms with Gasteiger partial charge in [-0.2, -0.15) is 0 Å². The topological polar surface area (TPSA) is 86.8 Å². The molecule has 2 amide bonds. The summed E-state index contributed by atoms with van der Waals surface area (Å²) < 4.78 is 39.5. The van der Waals surface area contributed by atoms with Crippen molar-refractivity contribution in [3.05, 3.63) is 63.9 Å². The van der Waals surface area contributed by atoms with Crippen LogP contribution in [0.1, 0.15) is 38.2 Å². The maximum absolute atomic E-state index is 13.5. The highest BCUT2D eigenvalue weighted by Gasteiger charge is 2.31. The van der Waals surface area contributed by atoms with Crippen LogP contribution in [0.3, 0.4) is 0 Å². The van der Waals surface area contributed by atoms with Gasteiger partial charge in [-0.25, -0.2) is 12.8 Å². The number of nitrogens with zero attached hydrogens (tertiary/aromatic N) is 2. The molecule has 0 aromatic heterocycles. The van der Waals surface area contributed by atoms with Crippen LogP contribution in [0, 0.1) is 5.82 Å². The summed E-state index contributed by atoms with van der Waals surface area (Å²) in [5, 5.41) is 3.36. The van der Waals surface area contributed by atoms with Gasteiger partial charge in [-0.15, -0.1) is 0 Å². The molecule has 2 aromatic carbocycles. The lowest BCUT2D eigenvalue weighted by atomic mass is 10.1. The van der Waals surface area contributed by atoms with E-state index in [1.54, 1.807) is 6.92 Å². The molecule has 0 aliphatic heterocycles. The van der Waals surface area contributed by atoms with Gasteiger partial charge in [-0.3, -0.25) is 13.9 Å². The van der Waals surface area contributed by atoms with E-state index in [9.17, 15) is 22.4 Å². The summed E-state index contributed by atoms with van der Waals surface area (Å²) in [6.07, 6.45) is 4.80. The Bertz CT molecular complexity index is 1170. The molecule has 3 rings (SSSR count). The molecule has 0 unspecified atom stereocenters. The molecule has 1 N–H and O–H groups in total. The van der Waals surface area contributed by atoms with Gasteiger partial charge in [0.15, 0.2) is 0 Å². The van der Waals surface area contributed by atoms with Crippen LogP contribution in [0.2, 0.25) is 10.0 Å². The summed E-state index contributed by atoms with van der Waals surface area (Å²) in [5.74, 6) is -1.35. The number of carbonyl (C=O) groups excluding carboxylic acids is 2. The lowest BCUT2D eigenvalue weighted by Gasteiger charge is -2.32. The third-order valence-corrected chi connectivity index (χ3v) is 7.89. The number of anilines is 1. The van der Waals surface area contributed by atoms with Crippen LogP contribution in [-0.2, 0) is 26.2 Å². The Kier molecular flexibility index (Phi) is 9.01. The van der Waals surface area contributed by atoms with Crippen molar-refractivity contribution < 1.29 is 22.4 Å². The fraction of sp³-hybridized carbons (Fsp3) is 0.417. The molecule has 0 heterocycles. The summed E-state index contributed by atoms with van der Waals surface area (Å²) in [7, 11) is -3.89. The first-order chi connectivity index (χ1) is 16.5. The average molecular weight is 544 g/mol. The van der Waals surface area contributed by atoms with Crippen molar-refractivity contribution in [2.75, 3.05) is 17.1 Å². The zero-order valence-electron chi connectivity index (χ0n) is 19.5. The van der Waals surface area contributed by atoms with Crippen LogP contribution in [0.5, 0.6) is 0 Å². The minimum absolute atomic E-state index is 0.00264. The van der Waals surface area contributed by atoms with Gasteiger partial charge in [0.1, 0.15) is 18.4 Å². The van der Waals surface area contributed by atoms with E-state index in [1.165, 1.54) is 47.4 Å². The number of nitrogens with one attached hydrogen (secondary N) is 1. The smallest absolute Gasteiger partial charge is 0.244 e. The van der Waals surface area contributed by atoms with E-state index in [4.69, 9.17) is 23.2 Å². The Morgan fingerprint density at radius 1 is 1.09 bits per heavy atom. The van der Waals surface area contributed by atoms with E-state index in [0.717, 1.165) is 36.2 Å². The predicted octanol–water partition coefficient (Wildman–Crippen LogP) is 4.37. The van der Waals surface area contributed by atoms with Crippen LogP contribution >= 0.6 is 23.2 Å². The number of benzene rings is 2. The monoisotopic (exact) mass is 543 g/mol. The van der Waals surface area contributed by atoms with Gasteiger partial charge in [0.25, 0.3) is 0 Å². The first-order valence-electron chi connectivity index (χ1n) is 11.2. The van der Waals surface area contributed by atoms with Crippen molar-refractivity contribution in [1.82, 2.24) is 10.2 Å². The van der Waals surface area contributed by atoms with Gasteiger partial charge in [0, 0.05) is 12.6 Å². The van der Waals surface area contributed by atoms with Crippen LogP contribution in [-0.4, -0.2) is 50.0 Å². The maximum Gasteiger partial charge on any atom is 0.244 e. The molecule has 190 valence electrons. The zero-order valence-corrected chi connectivity index (χ0v) is 21.8. The number of amides is 2. The minimum Gasteiger partial charge on any atom is -0.352 e. The van der Waals surface area contributed by atoms with Crippen molar-refractivity contribution in [3.63, 3.8) is 0 Å². The average Bonchev–Trinajstić information content (AvgIpc) is 3.30. The van der Waals surface area contributed by atoms with Gasteiger partial charge in [0.05, 0.1) is 22.0 Å². The third-order valence-electron chi connectivity index (χ3n) is 6.01. The Morgan fingerprint density at radius 2 is 1.71 bits per heavy atom. The van der Waals surface area contributed by atoms with Crippen molar-refractivity contribution >= 4 is 50.7 Å². The second kappa shape index (κ2) is 11.6. The standard InChI is InChI=1S/C24H28Cl2FN3O4S/c1-16(24(32)28-19-5-3-4-6-19)29(14-17-7-9-18(27)10-8-17)23(31)15-30(35(2,33)34)20-11-12-21(25)22(26)13-20/h7-13,16,19H,3-6,14-15H2,1-2H3,(H,28,32)/t16-/m0/s1. The number of carbonyl (C=O) groups is 2. The zero-order chi connectivity index (χ0) is 25.8. The quantitative estimate of drug-likeness (QED) is 0.508. The number of hydrogen-bond acceptors (Lipinski definition) is 4.